The van der Waals surface area contributed by atoms with E-state index in [1.807, 2.05) is 18.2 Å². The number of rotatable bonds is 6. The Labute approximate surface area is 134 Å². The Morgan fingerprint density at radius 1 is 1.23 bits per heavy atom. The summed E-state index contributed by atoms with van der Waals surface area (Å²) < 4.78 is 11.6. The second kappa shape index (κ2) is 7.95. The van der Waals surface area contributed by atoms with Gasteiger partial charge in [-0.15, -0.1) is 0 Å². The Balaban J connectivity index is 1.84. The first-order valence-electron chi connectivity index (χ1n) is 8.23. The molecular formula is C18H29NO3. The molecule has 0 amide bonds. The number of β-amino-alcohol motifs (C(OH)–C–C–N with tert-alkyl or cyclic N) is 1. The lowest BCUT2D eigenvalue weighted by atomic mass is 10.0. The van der Waals surface area contributed by atoms with Crippen molar-refractivity contribution >= 4 is 0 Å². The molecule has 22 heavy (non-hydrogen) atoms. The molecule has 0 aliphatic carbocycles. The zero-order valence-electron chi connectivity index (χ0n) is 14.2. The third-order valence-electron chi connectivity index (χ3n) is 3.94. The molecule has 4 nitrogen and oxygen atoms in total. The van der Waals surface area contributed by atoms with E-state index in [9.17, 15) is 5.11 Å². The van der Waals surface area contributed by atoms with E-state index >= 15 is 0 Å². The molecule has 1 N–H and O–H groups in total. The predicted molar refractivity (Wildman–Crippen MR) is 88.5 cm³/mol. The number of aliphatic hydroxyl groups is 1. The maximum absolute atomic E-state index is 10.3. The molecule has 2 rings (SSSR count). The summed E-state index contributed by atoms with van der Waals surface area (Å²) in [6.07, 6.45) is -0.0465. The van der Waals surface area contributed by atoms with Crippen molar-refractivity contribution in [3.05, 3.63) is 29.8 Å². The van der Waals surface area contributed by atoms with E-state index in [4.69, 9.17) is 9.47 Å². The molecular weight excluding hydrogens is 278 g/mol. The van der Waals surface area contributed by atoms with Gasteiger partial charge in [0.05, 0.1) is 12.2 Å². The second-order valence-corrected chi connectivity index (χ2v) is 6.63. The summed E-state index contributed by atoms with van der Waals surface area (Å²) in [6.45, 7) is 11.1. The van der Waals surface area contributed by atoms with Crippen LogP contribution in [0.5, 0.6) is 5.75 Å². The van der Waals surface area contributed by atoms with Gasteiger partial charge in [-0.05, 0) is 31.4 Å². The van der Waals surface area contributed by atoms with Crippen molar-refractivity contribution in [3.63, 3.8) is 0 Å². The fourth-order valence-corrected chi connectivity index (χ4v) is 3.06. The first kappa shape index (κ1) is 17.3. The molecule has 0 radical (unpaired) electrons. The smallest absolute Gasteiger partial charge is 0.122 e. The standard InChI is InChI=1S/C18H29NO3/c1-13(2)17-7-5-6-8-18(17)21-12-16(20)11-19-9-14(3)22-15(4)10-19/h5-8,13-16,20H,9-12H2,1-4H3/t14-,15-,16+/m1/s1. The molecule has 0 saturated carbocycles. The minimum Gasteiger partial charge on any atom is -0.491 e. The van der Waals surface area contributed by atoms with Gasteiger partial charge < -0.3 is 14.6 Å². The highest BCUT2D eigenvalue weighted by Gasteiger charge is 2.24. The molecule has 1 saturated heterocycles. The van der Waals surface area contributed by atoms with E-state index in [0.29, 0.717) is 19.1 Å². The number of hydrogen-bond donors (Lipinski definition) is 1. The minimum atomic E-state index is -0.488. The van der Waals surface area contributed by atoms with Crippen molar-refractivity contribution in [2.75, 3.05) is 26.2 Å². The number of morpholine rings is 1. The third kappa shape index (κ3) is 4.97. The monoisotopic (exact) mass is 307 g/mol. The topological polar surface area (TPSA) is 41.9 Å². The van der Waals surface area contributed by atoms with Crippen LogP contribution in [0.1, 0.15) is 39.2 Å². The molecule has 0 spiro atoms. The summed E-state index contributed by atoms with van der Waals surface area (Å²) in [5.74, 6) is 1.29. The first-order valence-corrected chi connectivity index (χ1v) is 8.23. The molecule has 1 fully saturated rings. The molecule has 124 valence electrons. The highest BCUT2D eigenvalue weighted by atomic mass is 16.5. The van der Waals surface area contributed by atoms with Gasteiger partial charge >= 0.3 is 0 Å². The van der Waals surface area contributed by atoms with E-state index < -0.39 is 6.10 Å². The van der Waals surface area contributed by atoms with Gasteiger partial charge in [-0.1, -0.05) is 32.0 Å². The van der Waals surface area contributed by atoms with Gasteiger partial charge in [0.15, 0.2) is 0 Å². The quantitative estimate of drug-likeness (QED) is 0.877. The van der Waals surface area contributed by atoms with Crippen LogP contribution in [0.4, 0.5) is 0 Å². The van der Waals surface area contributed by atoms with Crippen LogP contribution in [0.2, 0.25) is 0 Å². The molecule has 0 aromatic heterocycles. The zero-order valence-corrected chi connectivity index (χ0v) is 14.2. The molecule has 3 atom stereocenters. The highest BCUT2D eigenvalue weighted by molar-refractivity contribution is 5.35. The van der Waals surface area contributed by atoms with Gasteiger partial charge in [0, 0.05) is 19.6 Å². The highest BCUT2D eigenvalue weighted by Crippen LogP contribution is 2.25. The van der Waals surface area contributed by atoms with Crippen LogP contribution >= 0.6 is 0 Å². The molecule has 4 heteroatoms. The van der Waals surface area contributed by atoms with Crippen molar-refractivity contribution in [1.29, 1.82) is 0 Å². The van der Waals surface area contributed by atoms with Crippen molar-refractivity contribution in [1.82, 2.24) is 4.90 Å². The average Bonchev–Trinajstić information content (AvgIpc) is 2.44. The third-order valence-corrected chi connectivity index (χ3v) is 3.94. The lowest BCUT2D eigenvalue weighted by Crippen LogP contribution is -2.48. The molecule has 0 unspecified atom stereocenters. The lowest BCUT2D eigenvalue weighted by Gasteiger charge is -2.36. The Morgan fingerprint density at radius 3 is 2.50 bits per heavy atom. The van der Waals surface area contributed by atoms with Gasteiger partial charge in [-0.2, -0.15) is 0 Å². The Hall–Kier alpha value is -1.10. The molecule has 1 aromatic rings. The van der Waals surface area contributed by atoms with Crippen LogP contribution in [0.15, 0.2) is 24.3 Å². The van der Waals surface area contributed by atoms with Crippen molar-refractivity contribution < 1.29 is 14.6 Å². The van der Waals surface area contributed by atoms with Crippen LogP contribution in [0.25, 0.3) is 0 Å². The normalized spacial score (nSPS) is 24.5. The second-order valence-electron chi connectivity index (χ2n) is 6.63. The van der Waals surface area contributed by atoms with Crippen molar-refractivity contribution in [2.24, 2.45) is 0 Å². The summed E-state index contributed by atoms with van der Waals surface area (Å²) in [6, 6.07) is 8.05. The van der Waals surface area contributed by atoms with Crippen LogP contribution in [0.3, 0.4) is 0 Å². The number of hydrogen-bond acceptors (Lipinski definition) is 4. The van der Waals surface area contributed by atoms with Crippen molar-refractivity contribution in [2.45, 2.75) is 51.9 Å². The molecule has 1 heterocycles. The minimum absolute atomic E-state index is 0.221. The molecule has 0 bridgehead atoms. The maximum Gasteiger partial charge on any atom is 0.122 e. The largest absolute Gasteiger partial charge is 0.491 e. The van der Waals surface area contributed by atoms with Crippen LogP contribution in [0, 0.1) is 0 Å². The summed E-state index contributed by atoms with van der Waals surface area (Å²) in [7, 11) is 0. The number of para-hydroxylation sites is 1. The van der Waals surface area contributed by atoms with Gasteiger partial charge in [-0.25, -0.2) is 0 Å². The molecule has 1 aliphatic heterocycles. The van der Waals surface area contributed by atoms with Gasteiger partial charge in [0.25, 0.3) is 0 Å². The summed E-state index contributed by atoms with van der Waals surface area (Å²) in [4.78, 5) is 2.25. The average molecular weight is 307 g/mol. The van der Waals surface area contributed by atoms with E-state index in [1.54, 1.807) is 0 Å². The summed E-state index contributed by atoms with van der Waals surface area (Å²) >= 11 is 0. The van der Waals surface area contributed by atoms with E-state index in [0.717, 1.165) is 18.8 Å². The fraction of sp³-hybridized carbons (Fsp3) is 0.667. The predicted octanol–water partition coefficient (Wildman–Crippen LogP) is 2.66. The van der Waals surface area contributed by atoms with Crippen LogP contribution in [-0.4, -0.2) is 54.6 Å². The van der Waals surface area contributed by atoms with Crippen molar-refractivity contribution in [3.8, 4) is 5.75 Å². The summed E-state index contributed by atoms with van der Waals surface area (Å²) in [5.41, 5.74) is 1.18. The number of benzene rings is 1. The molecule has 1 aliphatic rings. The number of ether oxygens (including phenoxy) is 2. The van der Waals surface area contributed by atoms with Gasteiger partial charge in [-0.3, -0.25) is 4.90 Å². The van der Waals surface area contributed by atoms with Gasteiger partial charge in [0.1, 0.15) is 18.5 Å². The number of aliphatic hydroxyl groups excluding tert-OH is 1. The Bertz CT molecular complexity index is 453. The first-order chi connectivity index (χ1) is 10.5. The fourth-order valence-electron chi connectivity index (χ4n) is 3.06. The van der Waals surface area contributed by atoms with E-state index in [2.05, 4.69) is 38.7 Å². The van der Waals surface area contributed by atoms with Gasteiger partial charge in [0.2, 0.25) is 0 Å². The van der Waals surface area contributed by atoms with Crippen LogP contribution < -0.4 is 4.74 Å². The number of nitrogens with zero attached hydrogens (tertiary/aromatic N) is 1. The van der Waals surface area contributed by atoms with Crippen LogP contribution in [-0.2, 0) is 4.74 Å². The molecule has 1 aromatic carbocycles. The SMILES string of the molecule is CC(C)c1ccccc1OC[C@@H](O)CN1C[C@@H](C)O[C@H](C)C1. The zero-order chi connectivity index (χ0) is 16.1. The maximum atomic E-state index is 10.3. The Morgan fingerprint density at radius 2 is 1.86 bits per heavy atom. The van der Waals surface area contributed by atoms with E-state index in [-0.39, 0.29) is 12.2 Å². The lowest BCUT2D eigenvalue weighted by molar-refractivity contribution is -0.0787. The Kier molecular flexibility index (Phi) is 6.24. The summed E-state index contributed by atoms with van der Waals surface area (Å²) in [5, 5.41) is 10.3. The van der Waals surface area contributed by atoms with E-state index in [1.165, 1.54) is 5.56 Å².